The Kier molecular flexibility index (Phi) is 6.46. The Morgan fingerprint density at radius 2 is 0.979 bits per heavy atom. The Morgan fingerprint density at radius 1 is 0.404 bits per heavy atom. The number of hydrogen-bond donors (Lipinski definition) is 0. The lowest BCUT2D eigenvalue weighted by atomic mass is 9.99. The van der Waals surface area contributed by atoms with Crippen LogP contribution in [0.1, 0.15) is 0 Å². The van der Waals surface area contributed by atoms with E-state index < -0.39 is 0 Å². The van der Waals surface area contributed by atoms with Crippen LogP contribution in [0.5, 0.6) is 0 Å². The molecule has 9 aromatic rings. The molecule has 0 radical (unpaired) electrons. The molecule has 0 aliphatic carbocycles. The number of fused-ring (bicyclic) bond motifs is 5. The van der Waals surface area contributed by atoms with Crippen molar-refractivity contribution in [2.75, 3.05) is 4.90 Å². The van der Waals surface area contributed by atoms with Crippen molar-refractivity contribution in [1.29, 1.82) is 0 Å². The minimum absolute atomic E-state index is 0.882. The Labute approximate surface area is 273 Å². The van der Waals surface area contributed by atoms with Crippen molar-refractivity contribution in [2.45, 2.75) is 0 Å². The molecule has 0 amide bonds. The van der Waals surface area contributed by atoms with Crippen molar-refractivity contribution < 1.29 is 4.42 Å². The summed E-state index contributed by atoms with van der Waals surface area (Å²) in [5.41, 5.74) is 12.9. The first-order valence-corrected chi connectivity index (χ1v) is 16.0. The minimum atomic E-state index is 0.882. The lowest BCUT2D eigenvalue weighted by Crippen LogP contribution is -2.11. The fourth-order valence-corrected chi connectivity index (χ4v) is 6.88. The molecule has 0 fully saturated rings. The highest BCUT2D eigenvalue weighted by Gasteiger charge is 2.23. The maximum absolute atomic E-state index is 6.92. The third-order valence-electron chi connectivity index (χ3n) is 9.00. The number of para-hydroxylation sites is 5. The SMILES string of the molecule is c1ccc(-c2ccc(N(c3ccccc3)c3ccccc3-c3cccc4c3oc3c5ccccc5n(-c5ccccc5)c43)cc2)cc1. The van der Waals surface area contributed by atoms with E-state index in [1.807, 2.05) is 0 Å². The topological polar surface area (TPSA) is 21.3 Å². The van der Waals surface area contributed by atoms with E-state index in [1.54, 1.807) is 0 Å². The molecule has 0 aliphatic rings. The summed E-state index contributed by atoms with van der Waals surface area (Å²) in [6.45, 7) is 0. The first-order valence-electron chi connectivity index (χ1n) is 16.0. The number of nitrogens with zero attached hydrogens (tertiary/aromatic N) is 2. The Balaban J connectivity index is 1.26. The van der Waals surface area contributed by atoms with Crippen LogP contribution in [0.3, 0.4) is 0 Å². The van der Waals surface area contributed by atoms with E-state index in [1.165, 1.54) is 11.1 Å². The summed E-state index contributed by atoms with van der Waals surface area (Å²) in [7, 11) is 0. The summed E-state index contributed by atoms with van der Waals surface area (Å²) in [5.74, 6) is 0. The van der Waals surface area contributed by atoms with Crippen LogP contribution in [0.2, 0.25) is 0 Å². The first kappa shape index (κ1) is 27.0. The second-order valence-electron chi connectivity index (χ2n) is 11.8. The van der Waals surface area contributed by atoms with Crippen LogP contribution in [0, 0.1) is 0 Å². The standard InChI is InChI=1S/C44H30N2O/c1-4-15-31(16-5-1)32-27-29-35(30-28-32)45(33-17-6-2-7-18-33)40-25-12-10-21-36(40)37-23-14-24-39-42-44(47-43(37)39)38-22-11-13-26-41(38)46(42)34-19-8-3-9-20-34/h1-30H. The zero-order valence-electron chi connectivity index (χ0n) is 25.6. The van der Waals surface area contributed by atoms with Crippen molar-refractivity contribution >= 4 is 50.0 Å². The first-order chi connectivity index (χ1) is 23.3. The molecule has 0 atom stereocenters. The number of rotatable bonds is 6. The summed E-state index contributed by atoms with van der Waals surface area (Å²) < 4.78 is 9.26. The van der Waals surface area contributed by atoms with Crippen LogP contribution >= 0.6 is 0 Å². The van der Waals surface area contributed by atoms with Crippen LogP contribution in [-0.2, 0) is 0 Å². The quantitative estimate of drug-likeness (QED) is 0.189. The Morgan fingerprint density at radius 3 is 1.77 bits per heavy atom. The zero-order valence-corrected chi connectivity index (χ0v) is 25.6. The van der Waals surface area contributed by atoms with Crippen LogP contribution in [0.4, 0.5) is 17.1 Å². The van der Waals surface area contributed by atoms with Crippen LogP contribution in [0.15, 0.2) is 186 Å². The normalized spacial score (nSPS) is 11.4. The van der Waals surface area contributed by atoms with Crippen LogP contribution < -0.4 is 4.90 Å². The number of furan rings is 1. The lowest BCUT2D eigenvalue weighted by Gasteiger charge is -2.28. The number of benzene rings is 7. The minimum Gasteiger partial charge on any atom is -0.453 e. The number of hydrogen-bond acceptors (Lipinski definition) is 2. The van der Waals surface area contributed by atoms with Gasteiger partial charge in [0.25, 0.3) is 0 Å². The molecule has 0 spiro atoms. The molecule has 2 heterocycles. The van der Waals surface area contributed by atoms with Crippen molar-refractivity contribution in [3.05, 3.63) is 182 Å². The van der Waals surface area contributed by atoms with Gasteiger partial charge < -0.3 is 13.9 Å². The van der Waals surface area contributed by atoms with Gasteiger partial charge >= 0.3 is 0 Å². The molecule has 0 saturated heterocycles. The van der Waals surface area contributed by atoms with Gasteiger partial charge in [0.15, 0.2) is 5.58 Å². The largest absolute Gasteiger partial charge is 0.453 e. The molecular weight excluding hydrogens is 572 g/mol. The predicted octanol–water partition coefficient (Wildman–Crippen LogP) is 12.3. The molecule has 0 unspecified atom stereocenters. The third-order valence-corrected chi connectivity index (χ3v) is 9.00. The van der Waals surface area contributed by atoms with E-state index in [9.17, 15) is 0 Å². The van der Waals surface area contributed by atoms with E-state index in [-0.39, 0.29) is 0 Å². The number of aromatic nitrogens is 1. The molecule has 7 aromatic carbocycles. The zero-order chi connectivity index (χ0) is 31.2. The highest BCUT2D eigenvalue weighted by atomic mass is 16.3. The fourth-order valence-electron chi connectivity index (χ4n) is 6.88. The fraction of sp³-hybridized carbons (Fsp3) is 0. The van der Waals surface area contributed by atoms with E-state index in [4.69, 9.17) is 4.42 Å². The summed E-state index contributed by atoms with van der Waals surface area (Å²) in [5, 5.41) is 2.19. The van der Waals surface area contributed by atoms with Crippen molar-refractivity contribution in [3.63, 3.8) is 0 Å². The van der Waals surface area contributed by atoms with Gasteiger partial charge in [-0.15, -0.1) is 0 Å². The molecule has 2 aromatic heterocycles. The molecule has 0 bridgehead atoms. The van der Waals surface area contributed by atoms with Crippen molar-refractivity contribution in [2.24, 2.45) is 0 Å². The van der Waals surface area contributed by atoms with Gasteiger partial charge in [-0.2, -0.15) is 0 Å². The molecular formula is C44H30N2O. The summed E-state index contributed by atoms with van der Waals surface area (Å²) in [6, 6.07) is 64.1. The average Bonchev–Trinajstić information content (AvgIpc) is 3.69. The Bertz CT molecular complexity index is 2490. The van der Waals surface area contributed by atoms with Crippen LogP contribution in [-0.4, -0.2) is 4.57 Å². The maximum Gasteiger partial charge on any atom is 0.161 e. The third kappa shape index (κ3) is 4.52. The summed E-state index contributed by atoms with van der Waals surface area (Å²) in [4.78, 5) is 2.34. The van der Waals surface area contributed by atoms with Gasteiger partial charge in [-0.3, -0.25) is 0 Å². The van der Waals surface area contributed by atoms with Crippen molar-refractivity contribution in [1.82, 2.24) is 4.57 Å². The molecule has 9 rings (SSSR count). The second kappa shape index (κ2) is 11.2. The Hall–Kier alpha value is -6.32. The molecule has 222 valence electrons. The second-order valence-corrected chi connectivity index (χ2v) is 11.8. The lowest BCUT2D eigenvalue weighted by molar-refractivity contribution is 0.674. The van der Waals surface area contributed by atoms with E-state index in [2.05, 4.69) is 191 Å². The predicted molar refractivity (Wildman–Crippen MR) is 196 cm³/mol. The number of anilines is 3. The van der Waals surface area contributed by atoms with Gasteiger partial charge in [0.2, 0.25) is 0 Å². The van der Waals surface area contributed by atoms with E-state index >= 15 is 0 Å². The molecule has 0 aliphatic heterocycles. The van der Waals surface area contributed by atoms with Gasteiger partial charge in [0.1, 0.15) is 11.1 Å². The smallest absolute Gasteiger partial charge is 0.161 e. The highest BCUT2D eigenvalue weighted by Crippen LogP contribution is 2.46. The molecule has 3 nitrogen and oxygen atoms in total. The maximum atomic E-state index is 6.92. The molecule has 0 saturated carbocycles. The van der Waals surface area contributed by atoms with Crippen molar-refractivity contribution in [3.8, 4) is 27.9 Å². The van der Waals surface area contributed by atoms with Gasteiger partial charge in [-0.05, 0) is 71.8 Å². The van der Waals surface area contributed by atoms with Gasteiger partial charge in [0, 0.05) is 39.0 Å². The molecule has 47 heavy (non-hydrogen) atoms. The van der Waals surface area contributed by atoms with Gasteiger partial charge in [0.05, 0.1) is 11.2 Å². The molecule has 3 heteroatoms. The molecule has 0 N–H and O–H groups in total. The monoisotopic (exact) mass is 602 g/mol. The van der Waals surface area contributed by atoms with Gasteiger partial charge in [-0.25, -0.2) is 0 Å². The summed E-state index contributed by atoms with van der Waals surface area (Å²) >= 11 is 0. The highest BCUT2D eigenvalue weighted by molar-refractivity contribution is 6.18. The van der Waals surface area contributed by atoms with E-state index in [0.29, 0.717) is 0 Å². The summed E-state index contributed by atoms with van der Waals surface area (Å²) in [6.07, 6.45) is 0. The van der Waals surface area contributed by atoms with Crippen LogP contribution in [0.25, 0.3) is 60.9 Å². The van der Waals surface area contributed by atoms with E-state index in [0.717, 1.165) is 66.8 Å². The average molecular weight is 603 g/mol. The van der Waals surface area contributed by atoms with Gasteiger partial charge in [-0.1, -0.05) is 121 Å².